The van der Waals surface area contributed by atoms with Crippen molar-refractivity contribution >= 4 is 50.8 Å². The third kappa shape index (κ3) is 11.3. The molecule has 2 fully saturated rings. The van der Waals surface area contributed by atoms with Crippen LogP contribution in [0.5, 0.6) is 0 Å². The van der Waals surface area contributed by atoms with Crippen LogP contribution in [0.2, 0.25) is 0 Å². The number of carbonyl (C=O) groups is 4. The topological polar surface area (TPSA) is 208 Å². The maximum absolute atomic E-state index is 13.9. The number of carboxylic acid groups (broad SMARTS) is 2. The first-order chi connectivity index (χ1) is 26.9. The van der Waals surface area contributed by atoms with Gasteiger partial charge in [0.2, 0.25) is 10.0 Å². The van der Waals surface area contributed by atoms with Crippen LogP contribution in [0.1, 0.15) is 94.1 Å². The van der Waals surface area contributed by atoms with Crippen molar-refractivity contribution in [2.45, 2.75) is 75.6 Å². The molecule has 1 heterocycles. The molecule has 58 heavy (non-hydrogen) atoms. The van der Waals surface area contributed by atoms with Crippen LogP contribution in [0.15, 0.2) is 95.9 Å². The van der Waals surface area contributed by atoms with Gasteiger partial charge in [0, 0.05) is 42.6 Å². The minimum absolute atomic E-state index is 0. The average molecular weight is 821 g/mol. The van der Waals surface area contributed by atoms with E-state index in [4.69, 9.17) is 0 Å². The molecule has 2 amide bonds. The molecule has 15 heteroatoms. The molecule has 6 rings (SSSR count). The number of rotatable bonds is 14. The second-order valence-electron chi connectivity index (χ2n) is 14.4. The van der Waals surface area contributed by atoms with E-state index >= 15 is 0 Å². The monoisotopic (exact) mass is 820 g/mol. The van der Waals surface area contributed by atoms with E-state index in [1.807, 2.05) is 30.3 Å². The summed E-state index contributed by atoms with van der Waals surface area (Å²) in [6, 6.07) is 24.9. The van der Waals surface area contributed by atoms with Crippen molar-refractivity contribution in [1.82, 2.24) is 4.31 Å². The van der Waals surface area contributed by atoms with E-state index in [0.29, 0.717) is 44.2 Å². The van der Waals surface area contributed by atoms with Crippen molar-refractivity contribution in [3.8, 4) is 0 Å². The van der Waals surface area contributed by atoms with Crippen molar-refractivity contribution in [2.24, 2.45) is 5.92 Å². The summed E-state index contributed by atoms with van der Waals surface area (Å²) in [5, 5.41) is 26.3. The molecule has 0 spiro atoms. The number of hydrogen-bond acceptors (Lipinski definition) is 8. The summed E-state index contributed by atoms with van der Waals surface area (Å²) in [6.07, 6.45) is 6.31. The third-order valence-electron chi connectivity index (χ3n) is 10.8. The Morgan fingerprint density at radius 1 is 0.776 bits per heavy atom. The van der Waals surface area contributed by atoms with Gasteiger partial charge in [0.05, 0.1) is 28.0 Å². The summed E-state index contributed by atoms with van der Waals surface area (Å²) in [5.41, 5.74) is 4.21. The van der Waals surface area contributed by atoms with Crippen LogP contribution in [-0.4, -0.2) is 72.7 Å². The largest absolute Gasteiger partial charge is 1.00 e. The van der Waals surface area contributed by atoms with Crippen LogP contribution in [-0.2, 0) is 27.7 Å². The molecule has 0 bridgehead atoms. The molecule has 0 radical (unpaired) electrons. The van der Waals surface area contributed by atoms with Crippen LogP contribution < -0.4 is 50.2 Å². The van der Waals surface area contributed by atoms with E-state index in [0.717, 1.165) is 49.2 Å². The molecule has 0 unspecified atom stereocenters. The Morgan fingerprint density at radius 3 is 1.98 bits per heavy atom. The molecular weight excluding hydrogens is 772 g/mol. The first-order valence-corrected chi connectivity index (χ1v) is 20.6. The standard InChI is InChI=1S/C43H48N4O8S.Na.H2O/c1-2-47(35-21-17-32(18-22-35)43(52)53)56(54,55)37-8-6-7-33(27-37)40(48)45-39-24-23-36(46-25-4-3-5-26-46)28-38(39)41(49)44-34-19-13-30(14-20-34)10-9-29-11-15-31(16-12-29)42(50)51;;/h6-8,11-16,19-20,23-24,27-28,32,35H,2-5,9-10,17-18,21-22,25-26H2,1H3,(H,44,49)(H,45,48)(H,50,51)(H,52,53);;1H2/q;+1;/p-1. The molecule has 0 atom stereocenters. The maximum Gasteiger partial charge on any atom is 1.00 e. The number of hydrogen-bond donors (Lipinski definition) is 3. The number of aryl methyl sites for hydroxylation is 2. The maximum atomic E-state index is 13.9. The number of aliphatic carboxylic acids is 1. The quantitative estimate of drug-likeness (QED) is 0.159. The first kappa shape index (κ1) is 46.1. The van der Waals surface area contributed by atoms with Crippen LogP contribution in [0.25, 0.3) is 0 Å². The molecular formula is C43H49N4NaO9S. The van der Waals surface area contributed by atoms with Crippen molar-refractivity contribution in [3.05, 3.63) is 119 Å². The number of nitrogens with zero attached hydrogens (tertiary/aromatic N) is 2. The second-order valence-corrected chi connectivity index (χ2v) is 16.3. The van der Waals surface area contributed by atoms with Gasteiger partial charge in [-0.05, 0) is 123 Å². The van der Waals surface area contributed by atoms with Crippen LogP contribution in [0.4, 0.5) is 17.1 Å². The average Bonchev–Trinajstić information content (AvgIpc) is 3.21. The third-order valence-corrected chi connectivity index (χ3v) is 12.8. The second kappa shape index (κ2) is 20.9. The Bertz CT molecular complexity index is 2170. The Kier molecular flexibility index (Phi) is 16.6. The van der Waals surface area contributed by atoms with Crippen molar-refractivity contribution in [1.29, 1.82) is 0 Å². The number of piperidine rings is 1. The van der Waals surface area contributed by atoms with E-state index in [1.165, 1.54) is 40.7 Å². The van der Waals surface area contributed by atoms with E-state index < -0.39 is 39.7 Å². The number of carbonyl (C=O) groups excluding carboxylic acids is 3. The van der Waals surface area contributed by atoms with Gasteiger partial charge in [-0.2, -0.15) is 4.31 Å². The van der Waals surface area contributed by atoms with E-state index in [1.54, 1.807) is 31.2 Å². The molecule has 302 valence electrons. The first-order valence-electron chi connectivity index (χ1n) is 19.2. The number of sulfonamides is 1. The van der Waals surface area contributed by atoms with Crippen molar-refractivity contribution in [2.75, 3.05) is 35.2 Å². The number of amides is 2. The van der Waals surface area contributed by atoms with Gasteiger partial charge >= 0.3 is 35.5 Å². The van der Waals surface area contributed by atoms with Gasteiger partial charge in [-0.3, -0.25) is 14.4 Å². The normalized spacial score (nSPS) is 16.7. The molecule has 1 saturated heterocycles. The summed E-state index contributed by atoms with van der Waals surface area (Å²) >= 11 is 0. The number of nitrogens with one attached hydrogen (secondary N) is 2. The summed E-state index contributed by atoms with van der Waals surface area (Å²) in [7, 11) is -4.00. The van der Waals surface area contributed by atoms with Crippen LogP contribution >= 0.6 is 0 Å². The zero-order chi connectivity index (χ0) is 39.8. The van der Waals surface area contributed by atoms with Gasteiger partial charge in [-0.1, -0.05) is 49.4 Å². The minimum Gasteiger partial charge on any atom is -0.545 e. The molecule has 5 N–H and O–H groups in total. The van der Waals surface area contributed by atoms with Gasteiger partial charge in [0.25, 0.3) is 11.8 Å². The van der Waals surface area contributed by atoms with Crippen molar-refractivity contribution in [3.63, 3.8) is 0 Å². The zero-order valence-electron chi connectivity index (χ0n) is 32.9. The Hall–Kier alpha value is -4.57. The molecule has 1 aliphatic carbocycles. The molecule has 0 aromatic heterocycles. The SMILES string of the molecule is CCN(C1CCC(C(=O)O)CC1)S(=O)(=O)c1cccc(C(=O)Nc2ccc(N3CCCCC3)cc2C(=O)Nc2ccc(CCc3ccc(C(=O)[O-])cc3)cc2)c1.O.[Na+]. The van der Waals surface area contributed by atoms with Crippen LogP contribution in [0, 0.1) is 5.92 Å². The summed E-state index contributed by atoms with van der Waals surface area (Å²) in [5.74, 6) is -3.55. The molecule has 2 aliphatic rings. The predicted octanol–water partition coefficient (Wildman–Crippen LogP) is 2.16. The fraction of sp³-hybridized carbons (Fsp3) is 0.349. The smallest absolute Gasteiger partial charge is 0.545 e. The van der Waals surface area contributed by atoms with Gasteiger partial charge in [-0.25, -0.2) is 8.42 Å². The number of aromatic carboxylic acids is 1. The predicted molar refractivity (Wildman–Crippen MR) is 216 cm³/mol. The molecule has 13 nitrogen and oxygen atoms in total. The summed E-state index contributed by atoms with van der Waals surface area (Å²) in [4.78, 5) is 52.4. The molecule has 1 aliphatic heterocycles. The summed E-state index contributed by atoms with van der Waals surface area (Å²) < 4.78 is 29.1. The zero-order valence-corrected chi connectivity index (χ0v) is 35.7. The van der Waals surface area contributed by atoms with Crippen LogP contribution in [0.3, 0.4) is 0 Å². The molecule has 4 aromatic rings. The number of benzene rings is 4. The fourth-order valence-corrected chi connectivity index (χ4v) is 9.33. The molecule has 1 saturated carbocycles. The fourth-order valence-electron chi connectivity index (χ4n) is 7.59. The van der Waals surface area contributed by atoms with Gasteiger partial charge < -0.3 is 36.0 Å². The molecule has 4 aromatic carbocycles. The minimum atomic E-state index is -4.00. The van der Waals surface area contributed by atoms with Gasteiger partial charge in [0.15, 0.2) is 0 Å². The van der Waals surface area contributed by atoms with Gasteiger partial charge in [-0.15, -0.1) is 0 Å². The Morgan fingerprint density at radius 2 is 1.40 bits per heavy atom. The Labute approximate surface area is 361 Å². The number of carboxylic acids is 2. The Balaban J connectivity index is 0.00000372. The summed E-state index contributed by atoms with van der Waals surface area (Å²) in [6.45, 7) is 3.66. The van der Waals surface area contributed by atoms with E-state index in [2.05, 4.69) is 15.5 Å². The van der Waals surface area contributed by atoms with E-state index in [9.17, 15) is 37.8 Å². The van der Waals surface area contributed by atoms with Crippen molar-refractivity contribution < 1.29 is 72.8 Å². The number of anilines is 3. The van der Waals surface area contributed by atoms with Gasteiger partial charge in [0.1, 0.15) is 0 Å². The van der Waals surface area contributed by atoms with E-state index in [-0.39, 0.29) is 74.9 Å².